The molecule has 0 heterocycles. The average Bonchev–Trinajstić information content (AvgIpc) is 2.75. The van der Waals surface area contributed by atoms with E-state index in [1.807, 2.05) is 24.3 Å². The first-order valence-corrected chi connectivity index (χ1v) is 9.96. The molecular weight excluding hydrogens is 416 g/mol. The molecule has 0 bridgehead atoms. The quantitative estimate of drug-likeness (QED) is 0.307. The van der Waals surface area contributed by atoms with Gasteiger partial charge in [-0.15, -0.1) is 0 Å². The molecule has 0 aliphatic heterocycles. The molecule has 0 spiro atoms. The average molecular weight is 440 g/mol. The molecule has 9 heteroatoms. The number of benzene rings is 2. The maximum Gasteiger partial charge on any atom is 0.411 e. The van der Waals surface area contributed by atoms with Gasteiger partial charge in [0.1, 0.15) is 6.10 Å². The maximum absolute atomic E-state index is 12.0. The van der Waals surface area contributed by atoms with Crippen molar-refractivity contribution >= 4 is 35.5 Å². The summed E-state index contributed by atoms with van der Waals surface area (Å²) in [5, 5.41) is 11.2. The molecule has 9 nitrogen and oxygen atoms in total. The Morgan fingerprint density at radius 1 is 1.03 bits per heavy atom. The van der Waals surface area contributed by atoms with Gasteiger partial charge in [0.25, 0.3) is 0 Å². The highest BCUT2D eigenvalue weighted by atomic mass is 16.6. The second-order valence-corrected chi connectivity index (χ2v) is 6.99. The fourth-order valence-corrected chi connectivity index (χ4v) is 2.69. The van der Waals surface area contributed by atoms with Crippen molar-refractivity contribution in [3.8, 4) is 0 Å². The van der Waals surface area contributed by atoms with Gasteiger partial charge in [0.2, 0.25) is 6.08 Å². The van der Waals surface area contributed by atoms with E-state index in [0.29, 0.717) is 24.2 Å². The second-order valence-electron chi connectivity index (χ2n) is 6.99. The number of carbonyl (C=O) groups excluding carboxylic acids is 3. The van der Waals surface area contributed by atoms with Crippen LogP contribution in [0.15, 0.2) is 53.5 Å². The fourth-order valence-electron chi connectivity index (χ4n) is 2.69. The molecular formula is C23H24N2O7. The molecule has 1 unspecified atom stereocenters. The lowest BCUT2D eigenvalue weighted by molar-refractivity contribution is -0.148. The van der Waals surface area contributed by atoms with Crippen molar-refractivity contribution in [3.05, 3.63) is 59.7 Å². The van der Waals surface area contributed by atoms with Gasteiger partial charge >= 0.3 is 18.0 Å². The van der Waals surface area contributed by atoms with Crippen LogP contribution in [-0.2, 0) is 30.3 Å². The lowest BCUT2D eigenvalue weighted by atomic mass is 10.0. The molecule has 0 aliphatic rings. The zero-order valence-electron chi connectivity index (χ0n) is 17.6. The van der Waals surface area contributed by atoms with Gasteiger partial charge in [0.05, 0.1) is 25.1 Å². The lowest BCUT2D eigenvalue weighted by Crippen LogP contribution is -2.22. The van der Waals surface area contributed by atoms with Crippen LogP contribution in [0.4, 0.5) is 16.2 Å². The lowest BCUT2D eigenvalue weighted by Gasteiger charge is -2.14. The molecule has 0 saturated carbocycles. The molecule has 1 atom stereocenters. The van der Waals surface area contributed by atoms with Crippen LogP contribution < -0.4 is 5.32 Å². The number of nitrogens with zero attached hydrogens (tertiary/aromatic N) is 1. The largest absolute Gasteiger partial charge is 0.481 e. The van der Waals surface area contributed by atoms with Crippen LogP contribution in [-0.4, -0.2) is 41.9 Å². The number of amides is 1. The van der Waals surface area contributed by atoms with E-state index < -0.39 is 24.1 Å². The Morgan fingerprint density at radius 2 is 1.66 bits per heavy atom. The van der Waals surface area contributed by atoms with Crippen molar-refractivity contribution < 1.29 is 33.8 Å². The topological polar surface area (TPSA) is 131 Å². The van der Waals surface area contributed by atoms with Gasteiger partial charge in [0, 0.05) is 12.1 Å². The summed E-state index contributed by atoms with van der Waals surface area (Å²) in [7, 11) is 0. The zero-order chi connectivity index (χ0) is 23.3. The first-order valence-electron chi connectivity index (χ1n) is 9.96. The predicted octanol–water partition coefficient (Wildman–Crippen LogP) is 3.98. The van der Waals surface area contributed by atoms with Crippen LogP contribution in [0.3, 0.4) is 0 Å². The number of anilines is 1. The van der Waals surface area contributed by atoms with E-state index >= 15 is 0 Å². The molecule has 2 N–H and O–H groups in total. The highest BCUT2D eigenvalue weighted by Crippen LogP contribution is 2.17. The van der Waals surface area contributed by atoms with E-state index in [1.54, 1.807) is 31.2 Å². The molecule has 168 valence electrons. The Balaban J connectivity index is 1.73. The normalized spacial score (nSPS) is 11.0. The third-order valence-corrected chi connectivity index (χ3v) is 4.36. The summed E-state index contributed by atoms with van der Waals surface area (Å²) in [5.74, 6) is -1.67. The van der Waals surface area contributed by atoms with Crippen LogP contribution in [0.1, 0.15) is 37.3 Å². The first-order chi connectivity index (χ1) is 15.4. The molecule has 2 aromatic rings. The highest BCUT2D eigenvalue weighted by Gasteiger charge is 2.12. The van der Waals surface area contributed by atoms with Gasteiger partial charge in [-0.3, -0.25) is 14.9 Å². The Morgan fingerprint density at radius 3 is 2.25 bits per heavy atom. The fraction of sp³-hybridized carbons (Fsp3) is 0.304. The summed E-state index contributed by atoms with van der Waals surface area (Å²) in [6.07, 6.45) is 0.874. The molecule has 2 rings (SSSR count). The van der Waals surface area contributed by atoms with E-state index in [1.165, 1.54) is 6.08 Å². The SMILES string of the molecule is CC(CCOC(=O)CCC(=O)O)OC(=O)Nc1ccc(Cc2ccc(N=C=O)cc2)cc1. The Kier molecular flexibility index (Phi) is 9.62. The van der Waals surface area contributed by atoms with Crippen LogP contribution in [0, 0.1) is 0 Å². The van der Waals surface area contributed by atoms with Crippen LogP contribution in [0.2, 0.25) is 0 Å². The summed E-state index contributed by atoms with van der Waals surface area (Å²) >= 11 is 0. The minimum Gasteiger partial charge on any atom is -0.481 e. The summed E-state index contributed by atoms with van der Waals surface area (Å²) < 4.78 is 10.1. The highest BCUT2D eigenvalue weighted by molar-refractivity contribution is 5.84. The predicted molar refractivity (Wildman–Crippen MR) is 115 cm³/mol. The minimum atomic E-state index is -1.07. The van der Waals surface area contributed by atoms with Crippen molar-refractivity contribution in [1.29, 1.82) is 0 Å². The van der Waals surface area contributed by atoms with Crippen molar-refractivity contribution in [3.63, 3.8) is 0 Å². The molecule has 0 radical (unpaired) electrons. The minimum absolute atomic E-state index is 0.0318. The van der Waals surface area contributed by atoms with Crippen molar-refractivity contribution in [1.82, 2.24) is 0 Å². The molecule has 1 amide bonds. The monoisotopic (exact) mass is 440 g/mol. The van der Waals surface area contributed by atoms with Crippen LogP contribution in [0.5, 0.6) is 0 Å². The van der Waals surface area contributed by atoms with Crippen LogP contribution in [0.25, 0.3) is 0 Å². The van der Waals surface area contributed by atoms with Gasteiger partial charge in [-0.1, -0.05) is 24.3 Å². The molecule has 0 aliphatic carbocycles. The van der Waals surface area contributed by atoms with Gasteiger partial charge < -0.3 is 14.6 Å². The second kappa shape index (κ2) is 12.7. The number of rotatable bonds is 11. The number of carbonyl (C=O) groups is 3. The number of aliphatic imine (C=N–C) groups is 1. The van der Waals surface area contributed by atoms with Crippen molar-refractivity contribution in [2.24, 2.45) is 4.99 Å². The third kappa shape index (κ3) is 9.23. The van der Waals surface area contributed by atoms with Gasteiger partial charge in [0.15, 0.2) is 0 Å². The van der Waals surface area contributed by atoms with Crippen molar-refractivity contribution in [2.45, 2.75) is 38.7 Å². The Bertz CT molecular complexity index is 965. The third-order valence-electron chi connectivity index (χ3n) is 4.36. The number of hydrogen-bond donors (Lipinski definition) is 2. The molecule has 0 saturated heterocycles. The van der Waals surface area contributed by atoms with Gasteiger partial charge in [-0.2, -0.15) is 4.99 Å². The summed E-state index contributed by atoms with van der Waals surface area (Å²) in [6, 6.07) is 14.5. The number of aliphatic carboxylic acids is 1. The molecule has 32 heavy (non-hydrogen) atoms. The Hall–Kier alpha value is -3.97. The number of ether oxygens (including phenoxy) is 2. The first kappa shape index (κ1) is 24.3. The number of carboxylic acid groups (broad SMARTS) is 1. The molecule has 0 fully saturated rings. The summed E-state index contributed by atoms with van der Waals surface area (Å²) in [5.41, 5.74) is 3.20. The molecule has 2 aromatic carbocycles. The number of nitrogens with one attached hydrogen (secondary N) is 1. The molecule has 0 aromatic heterocycles. The summed E-state index contributed by atoms with van der Waals surface area (Å²) in [6.45, 7) is 1.70. The zero-order valence-corrected chi connectivity index (χ0v) is 17.6. The van der Waals surface area contributed by atoms with E-state index in [-0.39, 0.29) is 19.4 Å². The number of isocyanates is 1. The van der Waals surface area contributed by atoms with Gasteiger partial charge in [-0.25, -0.2) is 9.59 Å². The Labute approximate surface area is 185 Å². The van der Waals surface area contributed by atoms with Gasteiger partial charge in [-0.05, 0) is 48.7 Å². The van der Waals surface area contributed by atoms with E-state index in [4.69, 9.17) is 14.6 Å². The van der Waals surface area contributed by atoms with Crippen molar-refractivity contribution in [2.75, 3.05) is 11.9 Å². The number of esters is 1. The maximum atomic E-state index is 12.0. The van der Waals surface area contributed by atoms with Crippen LogP contribution >= 0.6 is 0 Å². The number of carboxylic acids is 1. The summed E-state index contributed by atoms with van der Waals surface area (Å²) in [4.78, 5) is 47.6. The van der Waals surface area contributed by atoms with E-state index in [0.717, 1.165) is 11.1 Å². The van der Waals surface area contributed by atoms with E-state index in [9.17, 15) is 19.2 Å². The van der Waals surface area contributed by atoms with E-state index in [2.05, 4.69) is 10.3 Å². The number of hydrogen-bond acceptors (Lipinski definition) is 7. The standard InChI is InChI=1S/C23H24N2O7/c1-16(12-13-31-22(29)11-10-21(27)28)32-23(30)25-20-8-4-18(5-9-20)14-17-2-6-19(7-3-17)24-15-26/h2-9,16H,10-14H2,1H3,(H,25,30)(H,27,28). The smallest absolute Gasteiger partial charge is 0.411 e.